The first-order valence-corrected chi connectivity index (χ1v) is 8.04. The molecule has 1 aliphatic rings. The highest BCUT2D eigenvalue weighted by molar-refractivity contribution is 6.03. The monoisotopic (exact) mass is 325 g/mol. The molecule has 4 heterocycles. The summed E-state index contributed by atoms with van der Waals surface area (Å²) in [5, 5.41) is 11.4. The molecule has 8 nitrogen and oxygen atoms in total. The van der Waals surface area contributed by atoms with Gasteiger partial charge in [-0.1, -0.05) is 0 Å². The molecule has 0 aromatic carbocycles. The van der Waals surface area contributed by atoms with Gasteiger partial charge in [0.15, 0.2) is 5.65 Å². The molecule has 0 bridgehead atoms. The Morgan fingerprint density at radius 3 is 2.96 bits per heavy atom. The van der Waals surface area contributed by atoms with E-state index in [-0.39, 0.29) is 5.91 Å². The second-order valence-corrected chi connectivity index (χ2v) is 6.11. The number of fused-ring (bicyclic) bond motifs is 1. The number of hydrogen-bond acceptors (Lipinski definition) is 5. The number of pyridine rings is 1. The Kier molecular flexibility index (Phi) is 3.44. The molecular weight excluding hydrogens is 306 g/mol. The van der Waals surface area contributed by atoms with Crippen molar-refractivity contribution in [3.8, 4) is 0 Å². The number of amides is 1. The number of nitrogens with one attached hydrogen (secondary N) is 1. The molecule has 1 amide bonds. The van der Waals surface area contributed by atoms with Crippen molar-refractivity contribution in [1.29, 1.82) is 0 Å². The van der Waals surface area contributed by atoms with Crippen molar-refractivity contribution in [3.63, 3.8) is 0 Å². The van der Waals surface area contributed by atoms with Crippen molar-refractivity contribution in [2.75, 3.05) is 16.8 Å². The molecule has 8 heteroatoms. The van der Waals surface area contributed by atoms with Gasteiger partial charge in [-0.2, -0.15) is 10.1 Å². The lowest BCUT2D eigenvalue weighted by molar-refractivity contribution is 0.101. The van der Waals surface area contributed by atoms with Crippen LogP contribution in [-0.2, 0) is 7.05 Å². The predicted molar refractivity (Wildman–Crippen MR) is 90.2 cm³/mol. The summed E-state index contributed by atoms with van der Waals surface area (Å²) in [4.78, 5) is 19.1. The molecule has 1 fully saturated rings. The van der Waals surface area contributed by atoms with E-state index in [1.165, 1.54) is 17.5 Å². The molecule has 124 valence electrons. The fourth-order valence-electron chi connectivity index (χ4n) is 3.09. The van der Waals surface area contributed by atoms with Gasteiger partial charge in [-0.05, 0) is 31.9 Å². The second kappa shape index (κ2) is 5.63. The molecule has 1 unspecified atom stereocenters. The van der Waals surface area contributed by atoms with Crippen molar-refractivity contribution in [2.45, 2.75) is 25.8 Å². The van der Waals surface area contributed by atoms with Gasteiger partial charge in [-0.3, -0.25) is 9.48 Å². The minimum absolute atomic E-state index is 0.202. The maximum absolute atomic E-state index is 12.3. The molecule has 0 radical (unpaired) electrons. The molecule has 24 heavy (non-hydrogen) atoms. The third-order valence-corrected chi connectivity index (χ3v) is 4.45. The summed E-state index contributed by atoms with van der Waals surface area (Å²) in [5.41, 5.74) is 1.90. The number of rotatable bonds is 3. The summed E-state index contributed by atoms with van der Waals surface area (Å²) in [6, 6.07) is 5.78. The highest BCUT2D eigenvalue weighted by Crippen LogP contribution is 2.23. The third-order valence-electron chi connectivity index (χ3n) is 4.45. The van der Waals surface area contributed by atoms with Gasteiger partial charge in [-0.15, -0.1) is 5.10 Å². The first-order valence-electron chi connectivity index (χ1n) is 8.04. The lowest BCUT2D eigenvalue weighted by Gasteiger charge is -2.18. The SMILES string of the molecule is CC1CCCN1c1nc2cc(NC(=O)c3ccnn3C)ccn2n1. The normalized spacial score (nSPS) is 17.6. The summed E-state index contributed by atoms with van der Waals surface area (Å²) in [5.74, 6) is 0.544. The van der Waals surface area contributed by atoms with Crippen LogP contribution in [0.2, 0.25) is 0 Å². The molecule has 0 saturated carbocycles. The average molecular weight is 325 g/mol. The maximum Gasteiger partial charge on any atom is 0.273 e. The van der Waals surface area contributed by atoms with Crippen molar-refractivity contribution in [1.82, 2.24) is 24.4 Å². The molecule has 1 saturated heterocycles. The van der Waals surface area contributed by atoms with Crippen molar-refractivity contribution in [3.05, 3.63) is 36.3 Å². The number of hydrogen-bond donors (Lipinski definition) is 1. The largest absolute Gasteiger partial charge is 0.337 e. The van der Waals surface area contributed by atoms with Crippen LogP contribution in [-0.4, -0.2) is 42.9 Å². The van der Waals surface area contributed by atoms with E-state index >= 15 is 0 Å². The average Bonchev–Trinajstić information content (AvgIpc) is 3.25. The van der Waals surface area contributed by atoms with Gasteiger partial charge >= 0.3 is 0 Å². The standard InChI is InChI=1S/C16H19N7O/c1-11-4-3-8-22(11)16-19-14-10-12(6-9-23(14)20-16)18-15(24)13-5-7-17-21(13)2/h5-7,9-11H,3-4,8H2,1-2H3,(H,18,24). The van der Waals surface area contributed by atoms with E-state index in [9.17, 15) is 4.79 Å². The van der Waals surface area contributed by atoms with Crippen LogP contribution in [0.1, 0.15) is 30.3 Å². The summed E-state index contributed by atoms with van der Waals surface area (Å²) in [7, 11) is 1.74. The fraction of sp³-hybridized carbons (Fsp3) is 0.375. The molecule has 1 atom stereocenters. The highest BCUT2D eigenvalue weighted by Gasteiger charge is 2.24. The van der Waals surface area contributed by atoms with Gasteiger partial charge in [0.25, 0.3) is 5.91 Å². The molecule has 3 aromatic heterocycles. The van der Waals surface area contributed by atoms with E-state index in [1.54, 1.807) is 23.8 Å². The summed E-state index contributed by atoms with van der Waals surface area (Å²) in [6.45, 7) is 3.18. The zero-order chi connectivity index (χ0) is 16.7. The smallest absolute Gasteiger partial charge is 0.273 e. The van der Waals surface area contributed by atoms with Crippen molar-refractivity contribution >= 4 is 23.2 Å². The van der Waals surface area contributed by atoms with Crippen LogP contribution in [0.15, 0.2) is 30.6 Å². The topological polar surface area (TPSA) is 80.4 Å². The third kappa shape index (κ3) is 2.49. The fourth-order valence-corrected chi connectivity index (χ4v) is 3.09. The van der Waals surface area contributed by atoms with Crippen LogP contribution < -0.4 is 10.2 Å². The van der Waals surface area contributed by atoms with E-state index in [0.717, 1.165) is 12.5 Å². The highest BCUT2D eigenvalue weighted by atomic mass is 16.2. The maximum atomic E-state index is 12.3. The number of carbonyl (C=O) groups excluding carboxylic acids is 1. The summed E-state index contributed by atoms with van der Waals surface area (Å²) >= 11 is 0. The first-order chi connectivity index (χ1) is 11.6. The molecule has 0 aliphatic carbocycles. The van der Waals surface area contributed by atoms with E-state index in [4.69, 9.17) is 0 Å². The lowest BCUT2D eigenvalue weighted by Crippen LogP contribution is -2.27. The Labute approximate surface area is 139 Å². The Balaban J connectivity index is 1.59. The molecule has 1 N–H and O–H groups in total. The first kappa shape index (κ1) is 14.7. The zero-order valence-electron chi connectivity index (χ0n) is 13.7. The molecular formula is C16H19N7O. The molecule has 4 rings (SSSR count). The van der Waals surface area contributed by atoms with Gasteiger partial charge in [0.2, 0.25) is 5.95 Å². The van der Waals surface area contributed by atoms with Gasteiger partial charge in [0.1, 0.15) is 5.69 Å². The van der Waals surface area contributed by atoms with Gasteiger partial charge in [-0.25, -0.2) is 4.52 Å². The number of carbonyl (C=O) groups is 1. The lowest BCUT2D eigenvalue weighted by atomic mass is 10.2. The Bertz CT molecular complexity index is 897. The Morgan fingerprint density at radius 2 is 2.25 bits per heavy atom. The number of nitrogens with zero attached hydrogens (tertiary/aromatic N) is 6. The van der Waals surface area contributed by atoms with Crippen LogP contribution in [0.25, 0.3) is 5.65 Å². The Morgan fingerprint density at radius 1 is 1.38 bits per heavy atom. The van der Waals surface area contributed by atoms with E-state index < -0.39 is 0 Å². The van der Waals surface area contributed by atoms with E-state index in [2.05, 4.69) is 32.3 Å². The van der Waals surface area contributed by atoms with E-state index in [0.29, 0.717) is 23.1 Å². The second-order valence-electron chi connectivity index (χ2n) is 6.11. The number of aryl methyl sites for hydroxylation is 1. The van der Waals surface area contributed by atoms with Crippen LogP contribution in [0.4, 0.5) is 11.6 Å². The molecule has 3 aromatic rings. The number of anilines is 2. The van der Waals surface area contributed by atoms with Crippen LogP contribution in [0.5, 0.6) is 0 Å². The van der Waals surface area contributed by atoms with Crippen LogP contribution in [0.3, 0.4) is 0 Å². The van der Waals surface area contributed by atoms with Gasteiger partial charge < -0.3 is 10.2 Å². The van der Waals surface area contributed by atoms with Crippen LogP contribution >= 0.6 is 0 Å². The molecule has 0 spiro atoms. The van der Waals surface area contributed by atoms with Crippen molar-refractivity contribution < 1.29 is 4.79 Å². The summed E-state index contributed by atoms with van der Waals surface area (Å²) < 4.78 is 3.28. The van der Waals surface area contributed by atoms with Crippen LogP contribution in [0, 0.1) is 0 Å². The minimum Gasteiger partial charge on any atom is -0.337 e. The van der Waals surface area contributed by atoms with Crippen molar-refractivity contribution in [2.24, 2.45) is 7.05 Å². The number of aromatic nitrogens is 5. The quantitative estimate of drug-likeness (QED) is 0.793. The van der Waals surface area contributed by atoms with Gasteiger partial charge in [0, 0.05) is 43.8 Å². The van der Waals surface area contributed by atoms with E-state index in [1.807, 2.05) is 18.3 Å². The predicted octanol–water partition coefficient (Wildman–Crippen LogP) is 1.70. The van der Waals surface area contributed by atoms with Gasteiger partial charge in [0.05, 0.1) is 0 Å². The Hall–Kier alpha value is -2.90. The minimum atomic E-state index is -0.202. The molecule has 1 aliphatic heterocycles. The zero-order valence-corrected chi connectivity index (χ0v) is 13.7. The summed E-state index contributed by atoms with van der Waals surface area (Å²) in [6.07, 6.45) is 5.75.